The summed E-state index contributed by atoms with van der Waals surface area (Å²) >= 11 is 0. The van der Waals surface area contributed by atoms with Crippen LogP contribution in [0.1, 0.15) is 34.0 Å². The van der Waals surface area contributed by atoms with Crippen LogP contribution in [0.5, 0.6) is 0 Å². The van der Waals surface area contributed by atoms with Crippen LogP contribution in [0, 0.1) is 0 Å². The molecule has 7 nitrogen and oxygen atoms in total. The molecule has 0 bridgehead atoms. The quantitative estimate of drug-likeness (QED) is 0.700. The average molecular weight is 252 g/mol. The first-order valence-corrected chi connectivity index (χ1v) is 5.49. The van der Waals surface area contributed by atoms with Crippen molar-refractivity contribution >= 4 is 17.8 Å². The Morgan fingerprint density at radius 3 is 2.72 bits per heavy atom. The maximum atomic E-state index is 11.7. The number of aromatic carboxylic acids is 1. The van der Waals surface area contributed by atoms with Gasteiger partial charge in [0.2, 0.25) is 11.7 Å². The van der Waals surface area contributed by atoms with Gasteiger partial charge in [-0.15, -0.1) is 0 Å². The Labute approximate surface area is 102 Å². The molecule has 0 aliphatic carbocycles. The standard InChI is InChI=1S/C11H12N2O5/c14-9-6(2-1-5-12-9)13-10(15)7-3-4-8(18-7)11(16)17/h3-4,6H,1-2,5H2,(H,12,14)(H,13,15)(H,16,17). The van der Waals surface area contributed by atoms with Crippen LogP contribution in [0.2, 0.25) is 0 Å². The summed E-state index contributed by atoms with van der Waals surface area (Å²) in [5.41, 5.74) is 0. The monoisotopic (exact) mass is 252 g/mol. The van der Waals surface area contributed by atoms with Crippen molar-refractivity contribution in [1.82, 2.24) is 10.6 Å². The second-order valence-electron chi connectivity index (χ2n) is 3.93. The summed E-state index contributed by atoms with van der Waals surface area (Å²) in [6.45, 7) is 0.606. The first-order chi connectivity index (χ1) is 8.58. The Balaban J connectivity index is 2.02. The molecule has 18 heavy (non-hydrogen) atoms. The molecular formula is C11H12N2O5. The average Bonchev–Trinajstić information content (AvgIpc) is 2.81. The van der Waals surface area contributed by atoms with Gasteiger partial charge in [0.05, 0.1) is 0 Å². The molecule has 7 heteroatoms. The van der Waals surface area contributed by atoms with Crippen LogP contribution in [0.4, 0.5) is 0 Å². The van der Waals surface area contributed by atoms with E-state index < -0.39 is 17.9 Å². The molecule has 1 atom stereocenters. The van der Waals surface area contributed by atoms with E-state index in [1.165, 1.54) is 12.1 Å². The van der Waals surface area contributed by atoms with Gasteiger partial charge >= 0.3 is 5.97 Å². The van der Waals surface area contributed by atoms with Crippen molar-refractivity contribution in [3.63, 3.8) is 0 Å². The molecule has 0 aromatic carbocycles. The lowest BCUT2D eigenvalue weighted by atomic mass is 10.1. The fourth-order valence-electron chi connectivity index (χ4n) is 1.71. The maximum Gasteiger partial charge on any atom is 0.371 e. The Morgan fingerprint density at radius 2 is 2.11 bits per heavy atom. The zero-order valence-corrected chi connectivity index (χ0v) is 9.43. The number of hydrogen-bond acceptors (Lipinski definition) is 4. The van der Waals surface area contributed by atoms with Crippen LogP contribution in [-0.4, -0.2) is 35.5 Å². The molecule has 0 saturated carbocycles. The molecular weight excluding hydrogens is 240 g/mol. The highest BCUT2D eigenvalue weighted by molar-refractivity contribution is 5.96. The lowest BCUT2D eigenvalue weighted by molar-refractivity contribution is -0.124. The van der Waals surface area contributed by atoms with Crippen molar-refractivity contribution in [3.05, 3.63) is 23.7 Å². The number of rotatable bonds is 3. The first kappa shape index (κ1) is 12.2. The number of carboxylic acids is 1. The van der Waals surface area contributed by atoms with Gasteiger partial charge in [0.15, 0.2) is 5.76 Å². The van der Waals surface area contributed by atoms with E-state index in [0.29, 0.717) is 13.0 Å². The molecule has 0 radical (unpaired) electrons. The number of piperidine rings is 1. The molecule has 0 spiro atoms. The van der Waals surface area contributed by atoms with Crippen molar-refractivity contribution in [1.29, 1.82) is 0 Å². The van der Waals surface area contributed by atoms with Crippen molar-refractivity contribution in [3.8, 4) is 0 Å². The fourth-order valence-corrected chi connectivity index (χ4v) is 1.71. The number of carbonyl (C=O) groups is 3. The lowest BCUT2D eigenvalue weighted by Gasteiger charge is -2.22. The topological polar surface area (TPSA) is 109 Å². The van der Waals surface area contributed by atoms with Gasteiger partial charge in [0, 0.05) is 6.54 Å². The molecule has 1 saturated heterocycles. The van der Waals surface area contributed by atoms with Gasteiger partial charge in [-0.1, -0.05) is 0 Å². The Morgan fingerprint density at radius 1 is 1.39 bits per heavy atom. The third-order valence-corrected chi connectivity index (χ3v) is 2.63. The summed E-state index contributed by atoms with van der Waals surface area (Å²) in [5, 5.41) is 13.8. The number of carbonyl (C=O) groups excluding carboxylic acids is 2. The van der Waals surface area contributed by atoms with Crippen molar-refractivity contribution in [2.45, 2.75) is 18.9 Å². The summed E-state index contributed by atoms with van der Waals surface area (Å²) in [7, 11) is 0. The van der Waals surface area contributed by atoms with Crippen LogP contribution >= 0.6 is 0 Å². The first-order valence-electron chi connectivity index (χ1n) is 5.49. The molecule has 2 amide bonds. The predicted octanol–water partition coefficient (Wildman–Crippen LogP) is -0.0138. The van der Waals surface area contributed by atoms with Crippen LogP contribution in [0.15, 0.2) is 16.5 Å². The molecule has 2 heterocycles. The summed E-state index contributed by atoms with van der Waals surface area (Å²) < 4.78 is 4.84. The fraction of sp³-hybridized carbons (Fsp3) is 0.364. The number of furan rings is 1. The minimum Gasteiger partial charge on any atom is -0.475 e. The third kappa shape index (κ3) is 2.50. The molecule has 3 N–H and O–H groups in total. The van der Waals surface area contributed by atoms with Crippen molar-refractivity contribution < 1.29 is 23.9 Å². The number of hydrogen-bond donors (Lipinski definition) is 3. The van der Waals surface area contributed by atoms with Crippen molar-refractivity contribution in [2.75, 3.05) is 6.54 Å². The van der Waals surface area contributed by atoms with Gasteiger partial charge in [-0.3, -0.25) is 9.59 Å². The van der Waals surface area contributed by atoms with E-state index in [1.54, 1.807) is 0 Å². The second kappa shape index (κ2) is 4.91. The van der Waals surface area contributed by atoms with E-state index in [1.807, 2.05) is 0 Å². The van der Waals surface area contributed by atoms with E-state index in [2.05, 4.69) is 10.6 Å². The largest absolute Gasteiger partial charge is 0.475 e. The smallest absolute Gasteiger partial charge is 0.371 e. The number of nitrogens with one attached hydrogen (secondary N) is 2. The van der Waals surface area contributed by atoms with Gasteiger partial charge in [0.1, 0.15) is 6.04 Å². The second-order valence-corrected chi connectivity index (χ2v) is 3.93. The van der Waals surface area contributed by atoms with Crippen molar-refractivity contribution in [2.24, 2.45) is 0 Å². The Kier molecular flexibility index (Phi) is 3.31. The predicted molar refractivity (Wildman–Crippen MR) is 59.2 cm³/mol. The minimum absolute atomic E-state index is 0.120. The Hall–Kier alpha value is -2.31. The number of amides is 2. The molecule has 1 aliphatic rings. The normalized spacial score (nSPS) is 19.1. The van der Waals surface area contributed by atoms with Crippen LogP contribution < -0.4 is 10.6 Å². The molecule has 96 valence electrons. The third-order valence-electron chi connectivity index (χ3n) is 2.63. The van der Waals surface area contributed by atoms with E-state index in [4.69, 9.17) is 9.52 Å². The molecule has 1 aliphatic heterocycles. The summed E-state index contributed by atoms with van der Waals surface area (Å²) in [6, 6.07) is 1.86. The molecule has 1 aromatic rings. The molecule has 1 fully saturated rings. The summed E-state index contributed by atoms with van der Waals surface area (Å²) in [5.74, 6) is -2.51. The van der Waals surface area contributed by atoms with Gasteiger partial charge in [0.25, 0.3) is 5.91 Å². The highest BCUT2D eigenvalue weighted by Gasteiger charge is 2.25. The van der Waals surface area contributed by atoms with E-state index in [0.717, 1.165) is 6.42 Å². The Bertz CT molecular complexity index is 493. The molecule has 2 rings (SSSR count). The number of carboxylic acid groups (broad SMARTS) is 1. The van der Waals surface area contributed by atoms with Gasteiger partial charge in [-0.2, -0.15) is 0 Å². The van der Waals surface area contributed by atoms with Gasteiger partial charge < -0.3 is 20.2 Å². The maximum absolute atomic E-state index is 11.7. The van der Waals surface area contributed by atoms with E-state index in [-0.39, 0.29) is 17.4 Å². The van der Waals surface area contributed by atoms with Gasteiger partial charge in [-0.25, -0.2) is 4.79 Å². The van der Waals surface area contributed by atoms with Gasteiger partial charge in [-0.05, 0) is 25.0 Å². The minimum atomic E-state index is -1.25. The van der Waals surface area contributed by atoms with Crippen LogP contribution in [0.25, 0.3) is 0 Å². The molecule has 1 unspecified atom stereocenters. The highest BCUT2D eigenvalue weighted by atomic mass is 16.4. The molecule has 1 aromatic heterocycles. The zero-order valence-electron chi connectivity index (χ0n) is 9.43. The summed E-state index contributed by atoms with van der Waals surface area (Å²) in [4.78, 5) is 33.7. The SMILES string of the molecule is O=C(O)c1ccc(C(=O)NC2CCCNC2=O)o1. The van der Waals surface area contributed by atoms with E-state index >= 15 is 0 Å². The summed E-state index contributed by atoms with van der Waals surface area (Å²) in [6.07, 6.45) is 1.35. The highest BCUT2D eigenvalue weighted by Crippen LogP contribution is 2.09. The van der Waals surface area contributed by atoms with Crippen LogP contribution in [-0.2, 0) is 4.79 Å². The van der Waals surface area contributed by atoms with Crippen LogP contribution in [0.3, 0.4) is 0 Å². The zero-order chi connectivity index (χ0) is 13.1. The lowest BCUT2D eigenvalue weighted by Crippen LogP contribution is -2.50. The van der Waals surface area contributed by atoms with E-state index in [9.17, 15) is 14.4 Å².